The molecule has 0 saturated carbocycles. The van der Waals surface area contributed by atoms with Crippen LogP contribution in [0.4, 0.5) is 0 Å². The molecule has 0 N–H and O–H groups in total. The number of furan rings is 1. The van der Waals surface area contributed by atoms with Gasteiger partial charge in [0, 0.05) is 24.7 Å². The lowest BCUT2D eigenvalue weighted by atomic mass is 10.2. The minimum atomic E-state index is -0.284. The third kappa shape index (κ3) is 3.50. The van der Waals surface area contributed by atoms with E-state index in [1.54, 1.807) is 11.0 Å². The molecule has 5 heteroatoms. The Bertz CT molecular complexity index is 750. The molecule has 2 heterocycles. The van der Waals surface area contributed by atoms with Crippen LogP contribution in [-0.4, -0.2) is 37.1 Å². The van der Waals surface area contributed by atoms with Gasteiger partial charge in [0.2, 0.25) is 0 Å². The van der Waals surface area contributed by atoms with Gasteiger partial charge in [-0.25, -0.2) is 0 Å². The Hall–Kier alpha value is -2.84. The molecular weight excluding hydrogens is 292 g/mol. The number of hydrogen-bond donors (Lipinski definition) is 0. The van der Waals surface area contributed by atoms with Gasteiger partial charge in [0.05, 0.1) is 13.2 Å². The number of benzene rings is 1. The predicted octanol–water partition coefficient (Wildman–Crippen LogP) is 2.71. The maximum absolute atomic E-state index is 12.3. The Kier molecular flexibility index (Phi) is 4.55. The van der Waals surface area contributed by atoms with E-state index in [0.29, 0.717) is 37.8 Å². The number of hydrogen-bond acceptors (Lipinski definition) is 4. The number of ether oxygens (including phenoxy) is 1. The van der Waals surface area contributed by atoms with E-state index in [9.17, 15) is 10.1 Å². The van der Waals surface area contributed by atoms with Gasteiger partial charge in [-0.2, -0.15) is 5.26 Å². The fraction of sp³-hybridized carbons (Fsp3) is 0.222. The summed E-state index contributed by atoms with van der Waals surface area (Å²) in [5.74, 6) is 0.906. The fourth-order valence-electron chi connectivity index (χ4n) is 2.41. The lowest BCUT2D eigenvalue weighted by Gasteiger charge is -2.26. The second kappa shape index (κ2) is 6.95. The van der Waals surface area contributed by atoms with Crippen LogP contribution in [0.15, 0.2) is 52.5 Å². The number of rotatable bonds is 3. The van der Waals surface area contributed by atoms with Crippen LogP contribution in [0.3, 0.4) is 0 Å². The Morgan fingerprint density at radius 3 is 2.57 bits per heavy atom. The first kappa shape index (κ1) is 15.1. The molecule has 3 rings (SSSR count). The first-order valence-electron chi connectivity index (χ1n) is 7.42. The van der Waals surface area contributed by atoms with Crippen molar-refractivity contribution >= 4 is 12.0 Å². The molecule has 0 radical (unpaired) electrons. The van der Waals surface area contributed by atoms with Crippen LogP contribution in [-0.2, 0) is 9.53 Å². The van der Waals surface area contributed by atoms with Gasteiger partial charge in [0.15, 0.2) is 0 Å². The summed E-state index contributed by atoms with van der Waals surface area (Å²) in [5.41, 5.74) is 1.02. The second-order valence-corrected chi connectivity index (χ2v) is 5.14. The van der Waals surface area contributed by atoms with E-state index in [2.05, 4.69) is 0 Å². The minimum absolute atomic E-state index is 0.0702. The molecule has 1 aromatic carbocycles. The van der Waals surface area contributed by atoms with Gasteiger partial charge in [0.1, 0.15) is 23.2 Å². The topological polar surface area (TPSA) is 66.5 Å². The predicted molar refractivity (Wildman–Crippen MR) is 85.1 cm³/mol. The van der Waals surface area contributed by atoms with Crippen molar-refractivity contribution in [2.45, 2.75) is 0 Å². The molecule has 0 spiro atoms. The number of carbonyl (C=O) groups is 1. The molecule has 1 fully saturated rings. The Morgan fingerprint density at radius 1 is 1.13 bits per heavy atom. The molecule has 0 bridgehead atoms. The van der Waals surface area contributed by atoms with Crippen LogP contribution in [0.1, 0.15) is 5.76 Å². The van der Waals surface area contributed by atoms with Crippen molar-refractivity contribution in [3.8, 4) is 17.4 Å². The molecule has 1 saturated heterocycles. The van der Waals surface area contributed by atoms with Crippen molar-refractivity contribution in [2.24, 2.45) is 0 Å². The Labute approximate surface area is 134 Å². The van der Waals surface area contributed by atoms with E-state index in [1.807, 2.05) is 42.5 Å². The molecule has 1 aliphatic heterocycles. The molecule has 1 amide bonds. The highest BCUT2D eigenvalue weighted by Gasteiger charge is 2.21. The lowest BCUT2D eigenvalue weighted by molar-refractivity contribution is -0.130. The molecule has 0 atom stereocenters. The minimum Gasteiger partial charge on any atom is -0.457 e. The quantitative estimate of drug-likeness (QED) is 0.646. The molecule has 2 aromatic rings. The highest BCUT2D eigenvalue weighted by molar-refractivity contribution is 6.01. The largest absolute Gasteiger partial charge is 0.457 e. The highest BCUT2D eigenvalue weighted by atomic mass is 16.5. The van der Waals surface area contributed by atoms with Gasteiger partial charge in [0.25, 0.3) is 5.91 Å². The number of carbonyl (C=O) groups excluding carboxylic acids is 1. The number of nitriles is 1. The van der Waals surface area contributed by atoms with Gasteiger partial charge in [-0.3, -0.25) is 4.79 Å². The summed E-state index contributed by atoms with van der Waals surface area (Å²) in [6, 6.07) is 15.2. The van der Waals surface area contributed by atoms with Gasteiger partial charge in [-0.05, 0) is 12.1 Å². The van der Waals surface area contributed by atoms with E-state index < -0.39 is 0 Å². The molecule has 116 valence electrons. The summed E-state index contributed by atoms with van der Waals surface area (Å²) in [4.78, 5) is 14.0. The molecule has 0 unspecified atom stereocenters. The lowest BCUT2D eigenvalue weighted by Crippen LogP contribution is -2.41. The first-order valence-corrected chi connectivity index (χ1v) is 7.42. The van der Waals surface area contributed by atoms with Crippen LogP contribution in [0, 0.1) is 11.3 Å². The van der Waals surface area contributed by atoms with E-state index in [-0.39, 0.29) is 11.5 Å². The monoisotopic (exact) mass is 308 g/mol. The van der Waals surface area contributed by atoms with Crippen LogP contribution < -0.4 is 0 Å². The zero-order valence-corrected chi connectivity index (χ0v) is 12.6. The normalized spacial score (nSPS) is 15.3. The molecule has 1 aliphatic rings. The number of morpholine rings is 1. The molecule has 23 heavy (non-hydrogen) atoms. The molecule has 1 aromatic heterocycles. The summed E-state index contributed by atoms with van der Waals surface area (Å²) in [6.45, 7) is 2.02. The summed E-state index contributed by atoms with van der Waals surface area (Å²) in [7, 11) is 0. The SMILES string of the molecule is N#C/C(=C/c1ccc(-c2ccccc2)o1)C(=O)N1CCOCC1. The maximum Gasteiger partial charge on any atom is 0.264 e. The zero-order chi connectivity index (χ0) is 16.1. The summed E-state index contributed by atoms with van der Waals surface area (Å²) in [6.07, 6.45) is 1.49. The van der Waals surface area contributed by atoms with E-state index in [1.165, 1.54) is 6.08 Å². The third-order valence-electron chi connectivity index (χ3n) is 3.62. The van der Waals surface area contributed by atoms with E-state index >= 15 is 0 Å². The van der Waals surface area contributed by atoms with Crippen molar-refractivity contribution in [1.29, 1.82) is 5.26 Å². The van der Waals surface area contributed by atoms with Crippen molar-refractivity contribution < 1.29 is 13.9 Å². The standard InChI is InChI=1S/C18H16N2O3/c19-13-15(18(21)20-8-10-22-11-9-20)12-16-6-7-17(23-16)14-4-2-1-3-5-14/h1-7,12H,8-11H2/b15-12-. The second-order valence-electron chi connectivity index (χ2n) is 5.14. The van der Waals surface area contributed by atoms with Gasteiger partial charge in [-0.15, -0.1) is 0 Å². The summed E-state index contributed by atoms with van der Waals surface area (Å²) in [5, 5.41) is 9.27. The van der Waals surface area contributed by atoms with Gasteiger partial charge >= 0.3 is 0 Å². The first-order chi connectivity index (χ1) is 11.3. The fourth-order valence-corrected chi connectivity index (χ4v) is 2.41. The average molecular weight is 308 g/mol. The summed E-state index contributed by atoms with van der Waals surface area (Å²) >= 11 is 0. The molecule has 0 aliphatic carbocycles. The molecular formula is C18H16N2O3. The summed E-state index contributed by atoms with van der Waals surface area (Å²) < 4.78 is 10.9. The third-order valence-corrected chi connectivity index (χ3v) is 3.62. The van der Waals surface area contributed by atoms with Crippen LogP contribution in [0.5, 0.6) is 0 Å². The van der Waals surface area contributed by atoms with Crippen LogP contribution in [0.25, 0.3) is 17.4 Å². The Balaban J connectivity index is 1.80. The molecule has 5 nitrogen and oxygen atoms in total. The van der Waals surface area contributed by atoms with Crippen molar-refractivity contribution in [3.63, 3.8) is 0 Å². The number of nitrogens with zero attached hydrogens (tertiary/aromatic N) is 2. The van der Waals surface area contributed by atoms with Crippen molar-refractivity contribution in [2.75, 3.05) is 26.3 Å². The number of amides is 1. The van der Waals surface area contributed by atoms with Gasteiger partial charge in [-0.1, -0.05) is 30.3 Å². The van der Waals surface area contributed by atoms with Gasteiger partial charge < -0.3 is 14.1 Å². The average Bonchev–Trinajstić information content (AvgIpc) is 3.09. The van der Waals surface area contributed by atoms with Crippen molar-refractivity contribution in [1.82, 2.24) is 4.90 Å². The smallest absolute Gasteiger partial charge is 0.264 e. The Morgan fingerprint density at radius 2 is 1.87 bits per heavy atom. The van der Waals surface area contributed by atoms with Crippen molar-refractivity contribution in [3.05, 3.63) is 53.8 Å². The van der Waals surface area contributed by atoms with E-state index in [0.717, 1.165) is 5.56 Å². The van der Waals surface area contributed by atoms with Crippen LogP contribution in [0.2, 0.25) is 0 Å². The van der Waals surface area contributed by atoms with Crippen LogP contribution >= 0.6 is 0 Å². The van der Waals surface area contributed by atoms with E-state index in [4.69, 9.17) is 9.15 Å². The zero-order valence-electron chi connectivity index (χ0n) is 12.6. The highest BCUT2D eigenvalue weighted by Crippen LogP contribution is 2.23. The maximum atomic E-state index is 12.3.